The molecular weight excluding hydrogens is 342 g/mol. The fourth-order valence-corrected chi connectivity index (χ4v) is 3.45. The zero-order valence-corrected chi connectivity index (χ0v) is 15.1. The first-order chi connectivity index (χ1) is 12.4. The molecule has 0 aromatic heterocycles. The number of halogens is 2. The maximum absolute atomic E-state index is 13.2. The second-order valence-corrected chi connectivity index (χ2v) is 6.67. The van der Waals surface area contributed by atoms with Crippen LogP contribution in [0.15, 0.2) is 18.2 Å². The molecule has 7 heteroatoms. The number of carboxylic acids is 1. The molecule has 1 saturated heterocycles. The Hall–Kier alpha value is -2.02. The molecule has 1 aliphatic heterocycles. The number of hydrogen-bond acceptors (Lipinski definition) is 3. The Morgan fingerprint density at radius 3 is 2.50 bits per heavy atom. The SMILES string of the molecule is CCN(CC(=O)O)C1CCN(C(=O)CCCc2ccc(F)c(F)c2)CC1. The second kappa shape index (κ2) is 9.62. The van der Waals surface area contributed by atoms with Gasteiger partial charge in [0.2, 0.25) is 5.91 Å². The molecule has 1 heterocycles. The number of carboxylic acid groups (broad SMARTS) is 1. The molecule has 26 heavy (non-hydrogen) atoms. The Labute approximate surface area is 152 Å². The number of likely N-dealkylation sites (tertiary alicyclic amines) is 1. The number of benzene rings is 1. The van der Waals surface area contributed by atoms with E-state index in [9.17, 15) is 18.4 Å². The highest BCUT2D eigenvalue weighted by Crippen LogP contribution is 2.18. The molecule has 0 aliphatic carbocycles. The van der Waals surface area contributed by atoms with Crippen LogP contribution in [0.25, 0.3) is 0 Å². The first kappa shape index (κ1) is 20.3. The molecular formula is C19H26F2N2O3. The Morgan fingerprint density at radius 1 is 1.23 bits per heavy atom. The number of carbonyl (C=O) groups excluding carboxylic acids is 1. The van der Waals surface area contributed by atoms with E-state index in [0.29, 0.717) is 44.5 Å². The summed E-state index contributed by atoms with van der Waals surface area (Å²) in [5.41, 5.74) is 0.683. The van der Waals surface area contributed by atoms with Gasteiger partial charge in [-0.1, -0.05) is 13.0 Å². The highest BCUT2D eigenvalue weighted by atomic mass is 19.2. The lowest BCUT2D eigenvalue weighted by Gasteiger charge is -2.37. The summed E-state index contributed by atoms with van der Waals surface area (Å²) < 4.78 is 26.1. The fraction of sp³-hybridized carbons (Fsp3) is 0.579. The topological polar surface area (TPSA) is 60.9 Å². The third-order valence-corrected chi connectivity index (χ3v) is 4.92. The van der Waals surface area contributed by atoms with Crippen LogP contribution in [-0.4, -0.2) is 59.0 Å². The van der Waals surface area contributed by atoms with Crippen molar-refractivity contribution in [3.05, 3.63) is 35.4 Å². The molecule has 1 aliphatic rings. The lowest BCUT2D eigenvalue weighted by molar-refractivity contribution is -0.140. The normalized spacial score (nSPS) is 15.5. The summed E-state index contributed by atoms with van der Waals surface area (Å²) in [6, 6.07) is 4.01. The van der Waals surface area contributed by atoms with Gasteiger partial charge in [-0.2, -0.15) is 0 Å². The number of likely N-dealkylation sites (N-methyl/N-ethyl adjacent to an activating group) is 1. The molecule has 1 fully saturated rings. The predicted octanol–water partition coefficient (Wildman–Crippen LogP) is 2.69. The molecule has 0 spiro atoms. The molecule has 0 unspecified atom stereocenters. The van der Waals surface area contributed by atoms with Crippen LogP contribution in [0.2, 0.25) is 0 Å². The van der Waals surface area contributed by atoms with Gasteiger partial charge < -0.3 is 10.0 Å². The Bertz CT molecular complexity index is 631. The third kappa shape index (κ3) is 5.76. The number of amides is 1. The van der Waals surface area contributed by atoms with E-state index in [1.165, 1.54) is 12.1 Å². The van der Waals surface area contributed by atoms with E-state index >= 15 is 0 Å². The average Bonchev–Trinajstić information content (AvgIpc) is 2.62. The molecule has 0 radical (unpaired) electrons. The first-order valence-corrected chi connectivity index (χ1v) is 9.08. The lowest BCUT2D eigenvalue weighted by atomic mass is 10.0. The third-order valence-electron chi connectivity index (χ3n) is 4.92. The highest BCUT2D eigenvalue weighted by molar-refractivity contribution is 5.76. The van der Waals surface area contributed by atoms with E-state index in [1.54, 1.807) is 0 Å². The van der Waals surface area contributed by atoms with Crippen molar-refractivity contribution >= 4 is 11.9 Å². The molecule has 0 bridgehead atoms. The molecule has 1 aromatic rings. The Kier molecular flexibility index (Phi) is 7.50. The lowest BCUT2D eigenvalue weighted by Crippen LogP contribution is -2.48. The summed E-state index contributed by atoms with van der Waals surface area (Å²) >= 11 is 0. The molecule has 1 amide bonds. The summed E-state index contributed by atoms with van der Waals surface area (Å²) in [6.45, 7) is 3.91. The summed E-state index contributed by atoms with van der Waals surface area (Å²) in [6.07, 6.45) is 3.04. The predicted molar refractivity (Wildman–Crippen MR) is 93.8 cm³/mol. The van der Waals surface area contributed by atoms with Crippen LogP contribution in [0.4, 0.5) is 8.78 Å². The van der Waals surface area contributed by atoms with Gasteiger partial charge in [0, 0.05) is 25.6 Å². The van der Waals surface area contributed by atoms with Crippen molar-refractivity contribution < 1.29 is 23.5 Å². The minimum absolute atomic E-state index is 0.0311. The van der Waals surface area contributed by atoms with Gasteiger partial charge >= 0.3 is 5.97 Å². The van der Waals surface area contributed by atoms with E-state index in [0.717, 1.165) is 18.9 Å². The monoisotopic (exact) mass is 368 g/mol. The number of piperidine rings is 1. The van der Waals surface area contributed by atoms with Crippen molar-refractivity contribution in [3.63, 3.8) is 0 Å². The first-order valence-electron chi connectivity index (χ1n) is 9.08. The average molecular weight is 368 g/mol. The van der Waals surface area contributed by atoms with Crippen molar-refractivity contribution in [2.45, 2.75) is 45.1 Å². The fourth-order valence-electron chi connectivity index (χ4n) is 3.45. The quantitative estimate of drug-likeness (QED) is 0.766. The zero-order chi connectivity index (χ0) is 19.1. The van der Waals surface area contributed by atoms with Crippen LogP contribution in [0.5, 0.6) is 0 Å². The van der Waals surface area contributed by atoms with Gasteiger partial charge in [0.25, 0.3) is 0 Å². The summed E-state index contributed by atoms with van der Waals surface area (Å²) in [7, 11) is 0. The van der Waals surface area contributed by atoms with Gasteiger partial charge in [-0.05, 0) is 49.9 Å². The number of aryl methyl sites for hydroxylation is 1. The van der Waals surface area contributed by atoms with Crippen LogP contribution in [0.3, 0.4) is 0 Å². The summed E-state index contributed by atoms with van der Waals surface area (Å²) in [5.74, 6) is -2.50. The maximum Gasteiger partial charge on any atom is 0.317 e. The van der Waals surface area contributed by atoms with Gasteiger partial charge in [-0.3, -0.25) is 14.5 Å². The molecule has 1 N–H and O–H groups in total. The minimum Gasteiger partial charge on any atom is -0.480 e. The molecule has 1 aromatic carbocycles. The van der Waals surface area contributed by atoms with Crippen molar-refractivity contribution in [2.75, 3.05) is 26.2 Å². The van der Waals surface area contributed by atoms with Crippen LogP contribution in [0.1, 0.15) is 38.2 Å². The maximum atomic E-state index is 13.2. The Morgan fingerprint density at radius 2 is 1.92 bits per heavy atom. The minimum atomic E-state index is -0.864. The van der Waals surface area contributed by atoms with Crippen LogP contribution in [0, 0.1) is 11.6 Å². The highest BCUT2D eigenvalue weighted by Gasteiger charge is 2.26. The number of carbonyl (C=O) groups is 2. The van der Waals surface area contributed by atoms with Gasteiger partial charge in [0.05, 0.1) is 6.54 Å². The van der Waals surface area contributed by atoms with Gasteiger partial charge in [-0.15, -0.1) is 0 Å². The van der Waals surface area contributed by atoms with Gasteiger partial charge in [0.15, 0.2) is 11.6 Å². The smallest absolute Gasteiger partial charge is 0.317 e. The van der Waals surface area contributed by atoms with Crippen LogP contribution < -0.4 is 0 Å². The van der Waals surface area contributed by atoms with E-state index in [2.05, 4.69) is 0 Å². The second-order valence-electron chi connectivity index (χ2n) is 6.67. The van der Waals surface area contributed by atoms with Gasteiger partial charge in [0.1, 0.15) is 0 Å². The van der Waals surface area contributed by atoms with Crippen LogP contribution in [-0.2, 0) is 16.0 Å². The van der Waals surface area contributed by atoms with Crippen molar-refractivity contribution in [3.8, 4) is 0 Å². The van der Waals surface area contributed by atoms with Crippen molar-refractivity contribution in [1.82, 2.24) is 9.80 Å². The standard InChI is InChI=1S/C19H26F2N2O3/c1-2-22(13-19(25)26)15-8-10-23(11-9-15)18(24)5-3-4-14-6-7-16(20)17(21)12-14/h6-7,12,15H,2-5,8-11,13H2,1H3,(H,25,26). The molecule has 0 atom stereocenters. The molecule has 144 valence electrons. The molecule has 5 nitrogen and oxygen atoms in total. The van der Waals surface area contributed by atoms with E-state index < -0.39 is 17.6 Å². The number of rotatable bonds is 8. The summed E-state index contributed by atoms with van der Waals surface area (Å²) in [5, 5.41) is 8.96. The van der Waals surface area contributed by atoms with Crippen molar-refractivity contribution in [1.29, 1.82) is 0 Å². The van der Waals surface area contributed by atoms with E-state index in [1.807, 2.05) is 16.7 Å². The Balaban J connectivity index is 1.74. The zero-order valence-electron chi connectivity index (χ0n) is 15.1. The van der Waals surface area contributed by atoms with Gasteiger partial charge in [-0.25, -0.2) is 8.78 Å². The van der Waals surface area contributed by atoms with E-state index in [-0.39, 0.29) is 18.5 Å². The number of nitrogens with zero attached hydrogens (tertiary/aromatic N) is 2. The van der Waals surface area contributed by atoms with Crippen molar-refractivity contribution in [2.24, 2.45) is 0 Å². The van der Waals surface area contributed by atoms with E-state index in [4.69, 9.17) is 5.11 Å². The number of hydrogen-bond donors (Lipinski definition) is 1. The molecule has 2 rings (SSSR count). The number of aliphatic carboxylic acids is 1. The largest absolute Gasteiger partial charge is 0.480 e. The summed E-state index contributed by atoms with van der Waals surface area (Å²) in [4.78, 5) is 27.0. The van der Waals surface area contributed by atoms with Crippen LogP contribution >= 0.6 is 0 Å². The molecule has 0 saturated carbocycles.